The average molecular weight is 429 g/mol. The Morgan fingerprint density at radius 3 is 2.50 bits per heavy atom. The standard InChI is InChI=1S/C21H17ClN2O2S2/c1-13-4-3-5-16(10-13)28(25,26)24-15-7-8-17(18(22)12-15)21-23-19-9-6-14(2)11-20(19)27-21/h3-12,24H,1-2H3. The minimum atomic E-state index is -3.68. The van der Waals surface area contributed by atoms with Crippen molar-refractivity contribution in [3.8, 4) is 10.6 Å². The summed E-state index contributed by atoms with van der Waals surface area (Å²) in [6.07, 6.45) is 0. The number of nitrogens with zero attached hydrogens (tertiary/aromatic N) is 1. The van der Waals surface area contributed by atoms with E-state index in [0.717, 1.165) is 26.4 Å². The summed E-state index contributed by atoms with van der Waals surface area (Å²) in [7, 11) is -3.68. The summed E-state index contributed by atoms with van der Waals surface area (Å²) in [6, 6.07) is 18.0. The molecule has 0 aliphatic rings. The molecule has 0 saturated heterocycles. The van der Waals surface area contributed by atoms with Gasteiger partial charge in [0.25, 0.3) is 10.0 Å². The first-order valence-corrected chi connectivity index (χ1v) is 11.3. The van der Waals surface area contributed by atoms with Gasteiger partial charge in [-0.15, -0.1) is 11.3 Å². The molecule has 4 rings (SSSR count). The van der Waals surface area contributed by atoms with Crippen molar-refractivity contribution in [2.75, 3.05) is 4.72 Å². The van der Waals surface area contributed by atoms with Crippen LogP contribution in [0.4, 0.5) is 5.69 Å². The van der Waals surface area contributed by atoms with Crippen LogP contribution in [0.2, 0.25) is 5.02 Å². The minimum absolute atomic E-state index is 0.217. The van der Waals surface area contributed by atoms with Gasteiger partial charge in [-0.2, -0.15) is 0 Å². The number of thiazole rings is 1. The highest BCUT2D eigenvalue weighted by molar-refractivity contribution is 7.92. The van der Waals surface area contributed by atoms with E-state index in [1.165, 1.54) is 5.56 Å². The lowest BCUT2D eigenvalue weighted by molar-refractivity contribution is 0.601. The van der Waals surface area contributed by atoms with Crippen molar-refractivity contribution in [1.82, 2.24) is 4.98 Å². The molecule has 142 valence electrons. The maximum atomic E-state index is 12.6. The van der Waals surface area contributed by atoms with E-state index in [1.54, 1.807) is 47.7 Å². The largest absolute Gasteiger partial charge is 0.280 e. The zero-order valence-corrected chi connectivity index (χ0v) is 17.6. The highest BCUT2D eigenvalue weighted by Crippen LogP contribution is 2.36. The summed E-state index contributed by atoms with van der Waals surface area (Å²) < 4.78 is 28.9. The van der Waals surface area contributed by atoms with Crippen molar-refractivity contribution in [2.24, 2.45) is 0 Å². The summed E-state index contributed by atoms with van der Waals surface area (Å²) in [5.41, 5.74) is 4.16. The molecule has 3 aromatic carbocycles. The molecule has 1 N–H and O–H groups in total. The van der Waals surface area contributed by atoms with Gasteiger partial charge in [0.15, 0.2) is 0 Å². The Morgan fingerprint density at radius 2 is 1.75 bits per heavy atom. The number of rotatable bonds is 4. The second-order valence-electron chi connectivity index (χ2n) is 6.61. The van der Waals surface area contributed by atoms with Crippen molar-refractivity contribution < 1.29 is 8.42 Å². The second kappa shape index (κ2) is 7.20. The normalized spacial score (nSPS) is 11.7. The maximum Gasteiger partial charge on any atom is 0.261 e. The van der Waals surface area contributed by atoms with E-state index in [1.807, 2.05) is 32.0 Å². The van der Waals surface area contributed by atoms with Crippen LogP contribution in [-0.2, 0) is 10.0 Å². The minimum Gasteiger partial charge on any atom is -0.280 e. The Bertz CT molecular complexity index is 1300. The quantitative estimate of drug-likeness (QED) is 0.431. The molecule has 0 fully saturated rings. The molecule has 4 nitrogen and oxygen atoms in total. The Hall–Kier alpha value is -2.41. The molecule has 7 heteroatoms. The van der Waals surface area contributed by atoms with Crippen molar-refractivity contribution in [1.29, 1.82) is 0 Å². The summed E-state index contributed by atoms with van der Waals surface area (Å²) in [4.78, 5) is 4.86. The molecule has 0 aliphatic heterocycles. The van der Waals surface area contributed by atoms with Gasteiger partial charge < -0.3 is 0 Å². The summed E-state index contributed by atoms with van der Waals surface area (Å²) >= 11 is 8.02. The fraction of sp³-hybridized carbons (Fsp3) is 0.0952. The van der Waals surface area contributed by atoms with E-state index >= 15 is 0 Å². The summed E-state index contributed by atoms with van der Waals surface area (Å²) in [5.74, 6) is 0. The lowest BCUT2D eigenvalue weighted by Gasteiger charge is -2.10. The molecule has 0 bridgehead atoms. The number of aryl methyl sites for hydroxylation is 2. The van der Waals surface area contributed by atoms with Crippen LogP contribution in [0.15, 0.2) is 65.6 Å². The predicted octanol–water partition coefficient (Wildman–Crippen LogP) is 6.03. The molecule has 1 heterocycles. The average Bonchev–Trinajstić information content (AvgIpc) is 3.04. The fourth-order valence-corrected chi connectivity index (χ4v) is 5.48. The van der Waals surface area contributed by atoms with Gasteiger partial charge in [0.1, 0.15) is 5.01 Å². The van der Waals surface area contributed by atoms with E-state index in [9.17, 15) is 8.42 Å². The van der Waals surface area contributed by atoms with Gasteiger partial charge in [0.05, 0.1) is 25.8 Å². The van der Waals surface area contributed by atoms with Crippen molar-refractivity contribution in [3.63, 3.8) is 0 Å². The van der Waals surface area contributed by atoms with Crippen molar-refractivity contribution in [2.45, 2.75) is 18.7 Å². The molecular weight excluding hydrogens is 412 g/mol. The zero-order valence-electron chi connectivity index (χ0n) is 15.2. The second-order valence-corrected chi connectivity index (χ2v) is 9.73. The van der Waals surface area contributed by atoms with Crippen LogP contribution in [0, 0.1) is 13.8 Å². The molecule has 0 spiro atoms. The van der Waals surface area contributed by atoms with Crippen LogP contribution in [0.1, 0.15) is 11.1 Å². The number of sulfonamides is 1. The highest BCUT2D eigenvalue weighted by Gasteiger charge is 2.16. The van der Waals surface area contributed by atoms with Crippen LogP contribution >= 0.6 is 22.9 Å². The molecular formula is C21H17ClN2O2S2. The molecule has 28 heavy (non-hydrogen) atoms. The number of nitrogens with one attached hydrogen (secondary N) is 1. The zero-order chi connectivity index (χ0) is 19.9. The van der Waals surface area contributed by atoms with E-state index in [-0.39, 0.29) is 4.90 Å². The first kappa shape index (κ1) is 18.9. The fourth-order valence-electron chi connectivity index (χ4n) is 2.90. The lowest BCUT2D eigenvalue weighted by Crippen LogP contribution is -2.13. The lowest BCUT2D eigenvalue weighted by atomic mass is 10.2. The van der Waals surface area contributed by atoms with Crippen LogP contribution in [0.5, 0.6) is 0 Å². The van der Waals surface area contributed by atoms with Gasteiger partial charge in [0, 0.05) is 5.56 Å². The first-order valence-electron chi connectivity index (χ1n) is 8.58. The van der Waals surface area contributed by atoms with E-state index < -0.39 is 10.0 Å². The van der Waals surface area contributed by atoms with E-state index in [2.05, 4.69) is 15.8 Å². The van der Waals surface area contributed by atoms with Gasteiger partial charge in [-0.1, -0.05) is 29.8 Å². The molecule has 0 aliphatic carbocycles. The van der Waals surface area contributed by atoms with Crippen LogP contribution in [0.3, 0.4) is 0 Å². The molecule has 0 amide bonds. The van der Waals surface area contributed by atoms with E-state index in [4.69, 9.17) is 11.6 Å². The Kier molecular flexibility index (Phi) is 4.87. The summed E-state index contributed by atoms with van der Waals surface area (Å²) in [6.45, 7) is 3.89. The number of fused-ring (bicyclic) bond motifs is 1. The Morgan fingerprint density at radius 1 is 0.964 bits per heavy atom. The molecule has 0 saturated carbocycles. The van der Waals surface area contributed by atoms with Crippen molar-refractivity contribution in [3.05, 3.63) is 76.8 Å². The molecule has 1 aromatic heterocycles. The number of halogens is 1. The number of hydrogen-bond acceptors (Lipinski definition) is 4. The molecule has 0 unspecified atom stereocenters. The third kappa shape index (κ3) is 3.76. The predicted molar refractivity (Wildman–Crippen MR) is 117 cm³/mol. The molecule has 4 aromatic rings. The first-order chi connectivity index (χ1) is 13.3. The van der Waals surface area contributed by atoms with Gasteiger partial charge >= 0.3 is 0 Å². The van der Waals surface area contributed by atoms with Crippen LogP contribution < -0.4 is 4.72 Å². The summed E-state index contributed by atoms with van der Waals surface area (Å²) in [5, 5.41) is 1.25. The topological polar surface area (TPSA) is 59.1 Å². The van der Waals surface area contributed by atoms with Gasteiger partial charge in [-0.05, 0) is 67.4 Å². The third-order valence-electron chi connectivity index (χ3n) is 4.30. The number of benzene rings is 3. The molecule has 0 radical (unpaired) electrons. The van der Waals surface area contributed by atoms with Gasteiger partial charge in [-0.25, -0.2) is 13.4 Å². The molecule has 0 atom stereocenters. The Labute approximate surface area is 172 Å². The number of aromatic nitrogens is 1. The monoisotopic (exact) mass is 428 g/mol. The number of hydrogen-bond donors (Lipinski definition) is 1. The van der Waals surface area contributed by atoms with Crippen molar-refractivity contribution >= 4 is 48.9 Å². The maximum absolute atomic E-state index is 12.6. The van der Waals surface area contributed by atoms with Crippen LogP contribution in [0.25, 0.3) is 20.8 Å². The van der Waals surface area contributed by atoms with E-state index in [0.29, 0.717) is 10.7 Å². The third-order valence-corrected chi connectivity index (χ3v) is 7.04. The smallest absolute Gasteiger partial charge is 0.261 e. The van der Waals surface area contributed by atoms with Gasteiger partial charge in [-0.3, -0.25) is 4.72 Å². The van der Waals surface area contributed by atoms with Crippen LogP contribution in [-0.4, -0.2) is 13.4 Å². The Balaban J connectivity index is 1.65. The highest BCUT2D eigenvalue weighted by atomic mass is 35.5. The SMILES string of the molecule is Cc1cccc(S(=O)(=O)Nc2ccc(-c3nc4ccc(C)cc4s3)c(Cl)c2)c1. The van der Waals surface area contributed by atoms with Gasteiger partial charge in [0.2, 0.25) is 0 Å². The number of anilines is 1.